The van der Waals surface area contributed by atoms with E-state index in [4.69, 9.17) is 0 Å². The Morgan fingerprint density at radius 2 is 1.85 bits per heavy atom. The van der Waals surface area contributed by atoms with Gasteiger partial charge in [-0.05, 0) is 31.6 Å². The first-order valence-electron chi connectivity index (χ1n) is 7.72. The van der Waals surface area contributed by atoms with E-state index in [2.05, 4.69) is 5.32 Å². The summed E-state index contributed by atoms with van der Waals surface area (Å²) in [6, 6.07) is 0. The van der Waals surface area contributed by atoms with E-state index in [9.17, 15) is 14.7 Å². The van der Waals surface area contributed by atoms with Crippen LogP contribution < -0.4 is 5.32 Å². The van der Waals surface area contributed by atoms with Crippen LogP contribution in [0.5, 0.6) is 0 Å². The van der Waals surface area contributed by atoms with Crippen molar-refractivity contribution in [1.29, 1.82) is 0 Å². The number of aliphatic hydroxyl groups is 1. The molecule has 1 aliphatic heterocycles. The minimum atomic E-state index is -0.165. The first kappa shape index (κ1) is 15.3. The summed E-state index contributed by atoms with van der Waals surface area (Å²) < 4.78 is 0. The van der Waals surface area contributed by atoms with Crippen LogP contribution in [0, 0.1) is 17.8 Å². The Balaban J connectivity index is 1.67. The first-order chi connectivity index (χ1) is 9.47. The third-order valence-corrected chi connectivity index (χ3v) is 4.45. The molecule has 2 amide bonds. The van der Waals surface area contributed by atoms with Gasteiger partial charge in [0.15, 0.2) is 0 Å². The van der Waals surface area contributed by atoms with Gasteiger partial charge in [-0.1, -0.05) is 13.8 Å². The highest BCUT2D eigenvalue weighted by Gasteiger charge is 2.30. The fourth-order valence-electron chi connectivity index (χ4n) is 2.98. The van der Waals surface area contributed by atoms with Crippen molar-refractivity contribution in [1.82, 2.24) is 10.2 Å². The van der Waals surface area contributed by atoms with E-state index < -0.39 is 0 Å². The molecule has 0 spiro atoms. The molecule has 20 heavy (non-hydrogen) atoms. The van der Waals surface area contributed by atoms with Crippen LogP contribution in [0.3, 0.4) is 0 Å². The highest BCUT2D eigenvalue weighted by molar-refractivity contribution is 5.80. The molecule has 0 bridgehead atoms. The van der Waals surface area contributed by atoms with Crippen molar-refractivity contribution in [3.05, 3.63) is 0 Å². The Bertz CT molecular complexity index is 356. The first-order valence-corrected chi connectivity index (χ1v) is 7.72. The number of carbonyl (C=O) groups excluding carboxylic acids is 2. The fourth-order valence-corrected chi connectivity index (χ4v) is 2.98. The summed E-state index contributed by atoms with van der Waals surface area (Å²) in [5.41, 5.74) is 0. The predicted octanol–water partition coefficient (Wildman–Crippen LogP) is 0.768. The van der Waals surface area contributed by atoms with Crippen LogP contribution >= 0.6 is 0 Å². The molecular weight excluding hydrogens is 256 g/mol. The van der Waals surface area contributed by atoms with Crippen molar-refractivity contribution >= 4 is 11.8 Å². The van der Waals surface area contributed by atoms with E-state index in [-0.39, 0.29) is 29.8 Å². The zero-order valence-electron chi connectivity index (χ0n) is 12.5. The second kappa shape index (κ2) is 6.57. The predicted molar refractivity (Wildman–Crippen MR) is 75.9 cm³/mol. The molecule has 0 aromatic rings. The van der Waals surface area contributed by atoms with Crippen molar-refractivity contribution in [3.63, 3.8) is 0 Å². The van der Waals surface area contributed by atoms with Gasteiger partial charge in [0.05, 0.1) is 6.10 Å². The third-order valence-electron chi connectivity index (χ3n) is 4.45. The SMILES string of the molecule is CC(C)C(=O)N1CCC(C(=O)NCC2CC(O)C2)CC1. The topological polar surface area (TPSA) is 69.6 Å². The summed E-state index contributed by atoms with van der Waals surface area (Å²) >= 11 is 0. The van der Waals surface area contributed by atoms with Crippen molar-refractivity contribution in [2.75, 3.05) is 19.6 Å². The molecule has 114 valence electrons. The molecule has 0 aromatic carbocycles. The lowest BCUT2D eigenvalue weighted by Gasteiger charge is -2.34. The summed E-state index contributed by atoms with van der Waals surface area (Å²) in [5, 5.41) is 12.2. The Hall–Kier alpha value is -1.10. The highest BCUT2D eigenvalue weighted by Crippen LogP contribution is 2.26. The summed E-state index contributed by atoms with van der Waals surface area (Å²) in [6.45, 7) is 5.89. The van der Waals surface area contributed by atoms with Crippen molar-refractivity contribution in [2.24, 2.45) is 17.8 Å². The number of hydrogen-bond acceptors (Lipinski definition) is 3. The van der Waals surface area contributed by atoms with Gasteiger partial charge in [0, 0.05) is 31.5 Å². The smallest absolute Gasteiger partial charge is 0.225 e. The molecule has 0 radical (unpaired) electrons. The van der Waals surface area contributed by atoms with E-state index >= 15 is 0 Å². The largest absolute Gasteiger partial charge is 0.393 e. The maximum atomic E-state index is 12.1. The maximum Gasteiger partial charge on any atom is 0.225 e. The van der Waals surface area contributed by atoms with Gasteiger partial charge in [0.25, 0.3) is 0 Å². The number of hydrogen-bond donors (Lipinski definition) is 2. The van der Waals surface area contributed by atoms with Gasteiger partial charge in [0.1, 0.15) is 0 Å². The Morgan fingerprint density at radius 3 is 2.35 bits per heavy atom. The monoisotopic (exact) mass is 282 g/mol. The van der Waals surface area contributed by atoms with Gasteiger partial charge < -0.3 is 15.3 Å². The van der Waals surface area contributed by atoms with E-state index in [0.717, 1.165) is 25.7 Å². The average molecular weight is 282 g/mol. The minimum absolute atomic E-state index is 0.0328. The number of aliphatic hydroxyl groups excluding tert-OH is 1. The number of piperidine rings is 1. The van der Waals surface area contributed by atoms with E-state index in [1.54, 1.807) is 0 Å². The van der Waals surface area contributed by atoms with Crippen LogP contribution in [0.4, 0.5) is 0 Å². The second-order valence-electron chi connectivity index (χ2n) is 6.49. The average Bonchev–Trinajstić information content (AvgIpc) is 2.41. The summed E-state index contributed by atoms with van der Waals surface area (Å²) in [4.78, 5) is 25.8. The molecule has 1 aliphatic carbocycles. The van der Waals surface area contributed by atoms with Crippen molar-refractivity contribution < 1.29 is 14.7 Å². The number of likely N-dealkylation sites (tertiary alicyclic amines) is 1. The summed E-state index contributed by atoms with van der Waals surface area (Å²) in [5.74, 6) is 0.813. The van der Waals surface area contributed by atoms with E-state index in [1.807, 2.05) is 18.7 Å². The molecular formula is C15H26N2O3. The molecule has 2 rings (SSSR count). The number of amides is 2. The molecule has 2 fully saturated rings. The molecule has 0 unspecified atom stereocenters. The van der Waals surface area contributed by atoms with Gasteiger partial charge >= 0.3 is 0 Å². The molecule has 1 saturated carbocycles. The van der Waals surface area contributed by atoms with Crippen molar-refractivity contribution in [3.8, 4) is 0 Å². The number of rotatable bonds is 4. The lowest BCUT2D eigenvalue weighted by molar-refractivity contribution is -0.138. The summed E-state index contributed by atoms with van der Waals surface area (Å²) in [7, 11) is 0. The van der Waals surface area contributed by atoms with Gasteiger partial charge in [-0.2, -0.15) is 0 Å². The van der Waals surface area contributed by atoms with Crippen LogP contribution in [0.25, 0.3) is 0 Å². The molecule has 1 heterocycles. The summed E-state index contributed by atoms with van der Waals surface area (Å²) in [6.07, 6.45) is 2.97. The number of carbonyl (C=O) groups is 2. The fraction of sp³-hybridized carbons (Fsp3) is 0.867. The Morgan fingerprint density at radius 1 is 1.25 bits per heavy atom. The van der Waals surface area contributed by atoms with Gasteiger partial charge in [-0.15, -0.1) is 0 Å². The van der Waals surface area contributed by atoms with E-state index in [1.165, 1.54) is 0 Å². The van der Waals surface area contributed by atoms with Gasteiger partial charge in [-0.25, -0.2) is 0 Å². The van der Waals surface area contributed by atoms with Gasteiger partial charge in [0.2, 0.25) is 11.8 Å². The molecule has 5 nitrogen and oxygen atoms in total. The quantitative estimate of drug-likeness (QED) is 0.800. The standard InChI is InChI=1S/C15H26N2O3/c1-10(2)15(20)17-5-3-12(4-6-17)14(19)16-9-11-7-13(18)8-11/h10-13,18H,3-9H2,1-2H3,(H,16,19). The third kappa shape index (κ3) is 3.72. The zero-order chi connectivity index (χ0) is 14.7. The van der Waals surface area contributed by atoms with Crippen LogP contribution in [-0.4, -0.2) is 47.6 Å². The van der Waals surface area contributed by atoms with Crippen LogP contribution in [0.1, 0.15) is 39.5 Å². The Labute approximate surface area is 120 Å². The zero-order valence-corrected chi connectivity index (χ0v) is 12.5. The van der Waals surface area contributed by atoms with Gasteiger partial charge in [-0.3, -0.25) is 9.59 Å². The van der Waals surface area contributed by atoms with E-state index in [0.29, 0.717) is 25.6 Å². The molecule has 5 heteroatoms. The number of nitrogens with one attached hydrogen (secondary N) is 1. The second-order valence-corrected chi connectivity index (χ2v) is 6.49. The Kier molecular flexibility index (Phi) is 5.02. The lowest BCUT2D eigenvalue weighted by atomic mass is 9.82. The van der Waals surface area contributed by atoms with Crippen molar-refractivity contribution in [2.45, 2.75) is 45.6 Å². The van der Waals surface area contributed by atoms with Crippen LogP contribution in [0.15, 0.2) is 0 Å². The normalized spacial score (nSPS) is 27.3. The molecule has 2 N–H and O–H groups in total. The maximum absolute atomic E-state index is 12.1. The molecule has 2 aliphatic rings. The molecule has 0 atom stereocenters. The van der Waals surface area contributed by atoms with Crippen LogP contribution in [0.2, 0.25) is 0 Å². The minimum Gasteiger partial charge on any atom is -0.393 e. The lowest BCUT2D eigenvalue weighted by Crippen LogP contribution is -2.46. The highest BCUT2D eigenvalue weighted by atomic mass is 16.3. The van der Waals surface area contributed by atoms with Crippen LogP contribution in [-0.2, 0) is 9.59 Å². The molecule has 1 saturated heterocycles. The molecule has 0 aromatic heterocycles. The number of nitrogens with zero attached hydrogens (tertiary/aromatic N) is 1.